The molecule has 2 aromatic carbocycles. The van der Waals surface area contributed by atoms with E-state index in [0.29, 0.717) is 12.1 Å². The van der Waals surface area contributed by atoms with Crippen LogP contribution < -0.4 is 4.72 Å². The summed E-state index contributed by atoms with van der Waals surface area (Å²) in [5.74, 6) is 0.0450. The molecule has 0 atom stereocenters. The molecule has 8 heteroatoms. The van der Waals surface area contributed by atoms with Crippen molar-refractivity contribution >= 4 is 25.7 Å². The van der Waals surface area contributed by atoms with Gasteiger partial charge in [-0.1, -0.05) is 43.7 Å². The topological polar surface area (TPSA) is 83.5 Å². The molecule has 0 radical (unpaired) electrons. The number of anilines is 1. The first-order valence-corrected chi connectivity index (χ1v) is 11.4. The minimum atomic E-state index is -3.66. The van der Waals surface area contributed by atoms with Gasteiger partial charge in [-0.2, -0.15) is 4.31 Å². The molecule has 2 aromatic rings. The molecule has 0 fully saturated rings. The molecule has 0 unspecified atom stereocenters. The van der Waals surface area contributed by atoms with Gasteiger partial charge < -0.3 is 0 Å². The van der Waals surface area contributed by atoms with E-state index in [9.17, 15) is 16.8 Å². The van der Waals surface area contributed by atoms with Crippen LogP contribution in [0.25, 0.3) is 0 Å². The summed E-state index contributed by atoms with van der Waals surface area (Å²) in [7, 11) is -5.55. The van der Waals surface area contributed by atoms with Crippen molar-refractivity contribution in [1.82, 2.24) is 4.31 Å². The van der Waals surface area contributed by atoms with Gasteiger partial charge in [0.25, 0.3) is 0 Å². The standard InChI is InChI=1S/C18H24N2O4S2/c1-3-4-14-25(21,22)19-17-10-12-18(13-11-17)26(23,24)20(2)15-16-8-6-5-7-9-16/h5-13,19H,3-4,14-15H2,1-2H3. The van der Waals surface area contributed by atoms with E-state index in [1.165, 1.54) is 35.6 Å². The summed E-state index contributed by atoms with van der Waals surface area (Å²) in [5, 5.41) is 0. The second-order valence-corrected chi connectivity index (χ2v) is 9.93. The number of hydrogen-bond donors (Lipinski definition) is 1. The summed E-state index contributed by atoms with van der Waals surface area (Å²) in [4.78, 5) is 0.118. The number of sulfonamides is 2. The Labute approximate surface area is 156 Å². The van der Waals surface area contributed by atoms with Crippen molar-refractivity contribution < 1.29 is 16.8 Å². The Morgan fingerprint density at radius 2 is 1.54 bits per heavy atom. The second kappa shape index (κ2) is 8.66. The van der Waals surface area contributed by atoms with Gasteiger partial charge in [-0.3, -0.25) is 4.72 Å². The highest BCUT2D eigenvalue weighted by molar-refractivity contribution is 7.92. The van der Waals surface area contributed by atoms with E-state index in [4.69, 9.17) is 0 Å². The van der Waals surface area contributed by atoms with Crippen molar-refractivity contribution in [3.8, 4) is 0 Å². The predicted octanol–water partition coefficient (Wildman–Crippen LogP) is 3.05. The van der Waals surface area contributed by atoms with Crippen LogP contribution in [-0.2, 0) is 26.6 Å². The van der Waals surface area contributed by atoms with Gasteiger partial charge in [0.1, 0.15) is 0 Å². The van der Waals surface area contributed by atoms with Gasteiger partial charge in [0, 0.05) is 19.3 Å². The monoisotopic (exact) mass is 396 g/mol. The largest absolute Gasteiger partial charge is 0.284 e. The summed E-state index contributed by atoms with van der Waals surface area (Å²) in [6.07, 6.45) is 1.36. The maximum Gasteiger partial charge on any atom is 0.243 e. The second-order valence-electron chi connectivity index (χ2n) is 6.05. The van der Waals surface area contributed by atoms with E-state index in [1.807, 2.05) is 37.3 Å². The fourth-order valence-corrected chi connectivity index (χ4v) is 4.79. The minimum absolute atomic E-state index is 0.0450. The zero-order chi connectivity index (χ0) is 19.2. The Morgan fingerprint density at radius 3 is 2.12 bits per heavy atom. The fraction of sp³-hybridized carbons (Fsp3) is 0.333. The lowest BCUT2D eigenvalue weighted by Crippen LogP contribution is -2.26. The van der Waals surface area contributed by atoms with Crippen molar-refractivity contribution in [2.45, 2.75) is 31.2 Å². The average Bonchev–Trinajstić information content (AvgIpc) is 2.61. The third-order valence-corrected chi connectivity index (χ3v) is 7.04. The third-order valence-electron chi connectivity index (χ3n) is 3.85. The van der Waals surface area contributed by atoms with Crippen molar-refractivity contribution in [1.29, 1.82) is 0 Å². The number of rotatable bonds is 9. The maximum absolute atomic E-state index is 12.7. The molecule has 0 aliphatic carbocycles. The molecule has 0 amide bonds. The molecule has 0 spiro atoms. The molecule has 0 saturated carbocycles. The maximum atomic E-state index is 12.7. The highest BCUT2D eigenvalue weighted by Crippen LogP contribution is 2.20. The van der Waals surface area contributed by atoms with Gasteiger partial charge in [-0.25, -0.2) is 16.8 Å². The molecule has 0 aliphatic rings. The molecule has 6 nitrogen and oxygen atoms in total. The molecule has 26 heavy (non-hydrogen) atoms. The SMILES string of the molecule is CCCCS(=O)(=O)Nc1ccc(S(=O)(=O)N(C)Cc2ccccc2)cc1. The van der Waals surface area contributed by atoms with E-state index < -0.39 is 20.0 Å². The Balaban J connectivity index is 2.11. The first kappa shape index (κ1) is 20.4. The summed E-state index contributed by atoms with van der Waals surface area (Å²) in [5.41, 5.74) is 1.24. The van der Waals surface area contributed by atoms with Gasteiger partial charge in [-0.05, 0) is 36.2 Å². The van der Waals surface area contributed by atoms with Crippen LogP contribution in [0.15, 0.2) is 59.5 Å². The molecule has 0 aromatic heterocycles. The van der Waals surface area contributed by atoms with Crippen molar-refractivity contribution in [3.05, 3.63) is 60.2 Å². The Hall–Kier alpha value is -1.90. The number of unbranched alkanes of at least 4 members (excludes halogenated alkanes) is 1. The normalized spacial score (nSPS) is 12.3. The van der Waals surface area contributed by atoms with Crippen molar-refractivity contribution in [2.24, 2.45) is 0 Å². The first-order valence-electron chi connectivity index (χ1n) is 8.35. The first-order chi connectivity index (χ1) is 12.2. The molecule has 0 heterocycles. The molecular formula is C18H24N2O4S2. The van der Waals surface area contributed by atoms with E-state index in [-0.39, 0.29) is 17.2 Å². The smallest absolute Gasteiger partial charge is 0.243 e. The van der Waals surface area contributed by atoms with Crippen LogP contribution in [0, 0.1) is 0 Å². The van der Waals surface area contributed by atoms with Crippen LogP contribution in [0.4, 0.5) is 5.69 Å². The number of nitrogens with zero attached hydrogens (tertiary/aromatic N) is 1. The van der Waals surface area contributed by atoms with Crippen LogP contribution in [0.3, 0.4) is 0 Å². The lowest BCUT2D eigenvalue weighted by molar-refractivity contribution is 0.467. The van der Waals surface area contributed by atoms with Gasteiger partial charge in [0.15, 0.2) is 0 Å². The fourth-order valence-electron chi connectivity index (χ4n) is 2.37. The molecule has 2 rings (SSSR count). The zero-order valence-electron chi connectivity index (χ0n) is 14.9. The quantitative estimate of drug-likeness (QED) is 0.706. The van der Waals surface area contributed by atoms with Gasteiger partial charge in [0.2, 0.25) is 20.0 Å². The summed E-state index contributed by atoms with van der Waals surface area (Å²) in [6.45, 7) is 2.18. The average molecular weight is 397 g/mol. The van der Waals surface area contributed by atoms with E-state index in [0.717, 1.165) is 12.0 Å². The van der Waals surface area contributed by atoms with E-state index in [2.05, 4.69) is 4.72 Å². The van der Waals surface area contributed by atoms with Crippen LogP contribution in [-0.4, -0.2) is 33.9 Å². The van der Waals surface area contributed by atoms with Crippen LogP contribution in [0.5, 0.6) is 0 Å². The Bertz CT molecular complexity index is 909. The van der Waals surface area contributed by atoms with Gasteiger partial charge >= 0.3 is 0 Å². The predicted molar refractivity (Wildman–Crippen MR) is 104 cm³/mol. The lowest BCUT2D eigenvalue weighted by atomic mass is 10.2. The molecule has 1 N–H and O–H groups in total. The summed E-state index contributed by atoms with van der Waals surface area (Å²) >= 11 is 0. The highest BCUT2D eigenvalue weighted by Gasteiger charge is 2.21. The zero-order valence-corrected chi connectivity index (χ0v) is 16.6. The van der Waals surface area contributed by atoms with E-state index in [1.54, 1.807) is 0 Å². The summed E-state index contributed by atoms with van der Waals surface area (Å²) in [6, 6.07) is 15.1. The van der Waals surface area contributed by atoms with Crippen LogP contribution >= 0.6 is 0 Å². The minimum Gasteiger partial charge on any atom is -0.284 e. The van der Waals surface area contributed by atoms with Gasteiger partial charge in [0.05, 0.1) is 10.6 Å². The third kappa shape index (κ3) is 5.55. The molecule has 0 aliphatic heterocycles. The molecule has 0 bridgehead atoms. The van der Waals surface area contributed by atoms with Crippen LogP contribution in [0.1, 0.15) is 25.3 Å². The molecule has 0 saturated heterocycles. The number of benzene rings is 2. The lowest BCUT2D eigenvalue weighted by Gasteiger charge is -2.17. The Morgan fingerprint density at radius 1 is 0.923 bits per heavy atom. The van der Waals surface area contributed by atoms with Crippen LogP contribution in [0.2, 0.25) is 0 Å². The van der Waals surface area contributed by atoms with Crippen molar-refractivity contribution in [2.75, 3.05) is 17.5 Å². The van der Waals surface area contributed by atoms with E-state index >= 15 is 0 Å². The highest BCUT2D eigenvalue weighted by atomic mass is 32.2. The molecular weight excluding hydrogens is 372 g/mol. The van der Waals surface area contributed by atoms with Gasteiger partial charge in [-0.15, -0.1) is 0 Å². The number of nitrogens with one attached hydrogen (secondary N) is 1. The summed E-state index contributed by atoms with van der Waals surface area (Å²) < 4.78 is 52.9. The Kier molecular flexibility index (Phi) is 6.80. The number of hydrogen-bond acceptors (Lipinski definition) is 4. The van der Waals surface area contributed by atoms with Crippen molar-refractivity contribution in [3.63, 3.8) is 0 Å². The molecule has 142 valence electrons.